The number of hydrogen-bond acceptors (Lipinski definition) is 6. The van der Waals surface area contributed by atoms with Crippen molar-refractivity contribution in [2.75, 3.05) is 31.2 Å². The van der Waals surface area contributed by atoms with Gasteiger partial charge in [0.05, 0.1) is 19.0 Å². The van der Waals surface area contributed by atoms with Crippen LogP contribution in [-0.2, 0) is 4.74 Å². The van der Waals surface area contributed by atoms with Crippen LogP contribution in [0.3, 0.4) is 0 Å². The summed E-state index contributed by atoms with van der Waals surface area (Å²) in [5.74, 6) is 0.830. The van der Waals surface area contributed by atoms with E-state index in [9.17, 15) is 4.39 Å². The van der Waals surface area contributed by atoms with Crippen molar-refractivity contribution in [3.05, 3.63) is 35.6 Å². The average Bonchev–Trinajstić information content (AvgIpc) is 3.00. The van der Waals surface area contributed by atoms with Crippen LogP contribution in [0.2, 0.25) is 5.02 Å². The first kappa shape index (κ1) is 17.9. The number of hydrogen-bond donors (Lipinski definition) is 0. The van der Waals surface area contributed by atoms with E-state index in [1.807, 2.05) is 0 Å². The Bertz CT molecular complexity index is 783. The standard InChI is InChI=1S/C18H20ClFN4OS/c1-12-10-25-11-18(12)3-6-24(7-4-18)14-8-23-15(9-22-14)26-13-2-5-21-17(20)16(13)19/h2,5,8-9,12H,3-4,6-7,10-11H2,1H3/t12-/m1/s1. The van der Waals surface area contributed by atoms with Crippen LogP contribution < -0.4 is 4.90 Å². The first-order valence-electron chi connectivity index (χ1n) is 8.70. The van der Waals surface area contributed by atoms with Crippen LogP contribution in [0.15, 0.2) is 34.6 Å². The molecule has 2 aromatic heterocycles. The summed E-state index contributed by atoms with van der Waals surface area (Å²) >= 11 is 7.22. The van der Waals surface area contributed by atoms with E-state index in [1.54, 1.807) is 18.5 Å². The van der Waals surface area contributed by atoms with Gasteiger partial charge in [0.1, 0.15) is 15.9 Å². The number of anilines is 1. The molecule has 2 aliphatic rings. The van der Waals surface area contributed by atoms with E-state index in [2.05, 4.69) is 26.8 Å². The number of pyridine rings is 1. The fraction of sp³-hybridized carbons (Fsp3) is 0.500. The monoisotopic (exact) mass is 394 g/mol. The Morgan fingerprint density at radius 2 is 2.08 bits per heavy atom. The van der Waals surface area contributed by atoms with Crippen LogP contribution in [0, 0.1) is 17.3 Å². The van der Waals surface area contributed by atoms with Gasteiger partial charge in [-0.3, -0.25) is 0 Å². The summed E-state index contributed by atoms with van der Waals surface area (Å²) in [5.41, 5.74) is 0.335. The Morgan fingerprint density at radius 1 is 1.27 bits per heavy atom. The molecule has 4 rings (SSSR count). The molecular formula is C18H20ClFN4OS. The Hall–Kier alpha value is -1.44. The third kappa shape index (κ3) is 3.40. The molecule has 138 valence electrons. The molecule has 2 aliphatic heterocycles. The molecule has 0 unspecified atom stereocenters. The third-order valence-electron chi connectivity index (χ3n) is 5.53. The van der Waals surface area contributed by atoms with Gasteiger partial charge in [-0.2, -0.15) is 4.39 Å². The van der Waals surface area contributed by atoms with Crippen LogP contribution in [-0.4, -0.2) is 41.3 Å². The summed E-state index contributed by atoms with van der Waals surface area (Å²) in [5, 5.41) is 0.685. The maximum atomic E-state index is 13.4. The highest BCUT2D eigenvalue weighted by molar-refractivity contribution is 7.99. The second-order valence-corrected chi connectivity index (χ2v) is 8.43. The van der Waals surface area contributed by atoms with E-state index >= 15 is 0 Å². The van der Waals surface area contributed by atoms with Crippen LogP contribution >= 0.6 is 23.4 Å². The van der Waals surface area contributed by atoms with Crippen LogP contribution in [0.5, 0.6) is 0 Å². The fourth-order valence-electron chi connectivity index (χ4n) is 3.70. The summed E-state index contributed by atoms with van der Waals surface area (Å²) in [6.07, 6.45) is 7.12. The van der Waals surface area contributed by atoms with Crippen molar-refractivity contribution in [2.45, 2.75) is 29.7 Å². The number of ether oxygens (including phenoxy) is 1. The summed E-state index contributed by atoms with van der Waals surface area (Å²) in [7, 11) is 0. The molecule has 0 bridgehead atoms. The molecule has 1 atom stereocenters. The van der Waals surface area contributed by atoms with Crippen molar-refractivity contribution >= 4 is 29.2 Å². The first-order chi connectivity index (χ1) is 12.6. The van der Waals surface area contributed by atoms with Gasteiger partial charge in [0.25, 0.3) is 0 Å². The highest BCUT2D eigenvalue weighted by atomic mass is 35.5. The first-order valence-corrected chi connectivity index (χ1v) is 9.89. The van der Waals surface area contributed by atoms with Gasteiger partial charge in [-0.1, -0.05) is 30.3 Å². The summed E-state index contributed by atoms with van der Waals surface area (Å²) in [6, 6.07) is 1.67. The molecule has 4 heterocycles. The van der Waals surface area contributed by atoms with Gasteiger partial charge in [0.2, 0.25) is 5.95 Å². The lowest BCUT2D eigenvalue weighted by molar-refractivity contribution is 0.127. The molecule has 2 saturated heterocycles. The van der Waals surface area contributed by atoms with E-state index < -0.39 is 5.95 Å². The van der Waals surface area contributed by atoms with Crippen LogP contribution in [0.25, 0.3) is 0 Å². The highest BCUT2D eigenvalue weighted by Crippen LogP contribution is 2.43. The Kier molecular flexibility index (Phi) is 5.03. The normalized spacial score (nSPS) is 22.1. The molecule has 0 radical (unpaired) electrons. The van der Waals surface area contributed by atoms with Crippen molar-refractivity contribution in [1.29, 1.82) is 0 Å². The second-order valence-electron chi connectivity index (χ2n) is 6.99. The molecule has 0 N–H and O–H groups in total. The van der Waals surface area contributed by atoms with Crippen molar-refractivity contribution in [2.24, 2.45) is 11.3 Å². The maximum absolute atomic E-state index is 13.4. The SMILES string of the molecule is C[C@@H]1COCC12CCN(c1cnc(Sc3ccnc(F)c3Cl)cn1)CC2. The predicted molar refractivity (Wildman–Crippen MR) is 99.2 cm³/mol. The number of halogens is 2. The fourth-order valence-corrected chi connectivity index (χ4v) is 4.66. The van der Waals surface area contributed by atoms with E-state index in [1.165, 1.54) is 18.0 Å². The Labute approximate surface area is 161 Å². The average molecular weight is 395 g/mol. The molecular weight excluding hydrogens is 375 g/mol. The molecule has 0 saturated carbocycles. The maximum Gasteiger partial charge on any atom is 0.232 e. The number of rotatable bonds is 3. The van der Waals surface area contributed by atoms with Gasteiger partial charge in [-0.15, -0.1) is 0 Å². The molecule has 2 aromatic rings. The topological polar surface area (TPSA) is 51.1 Å². The van der Waals surface area contributed by atoms with Crippen LogP contribution in [0.1, 0.15) is 19.8 Å². The van der Waals surface area contributed by atoms with E-state index in [0.717, 1.165) is 45.0 Å². The number of aromatic nitrogens is 3. The van der Waals surface area contributed by atoms with E-state index in [4.69, 9.17) is 16.3 Å². The quantitative estimate of drug-likeness (QED) is 0.731. The van der Waals surface area contributed by atoms with Crippen molar-refractivity contribution in [3.8, 4) is 0 Å². The molecule has 0 aromatic carbocycles. The smallest absolute Gasteiger partial charge is 0.232 e. The van der Waals surface area contributed by atoms with Gasteiger partial charge in [0.15, 0.2) is 0 Å². The van der Waals surface area contributed by atoms with Gasteiger partial charge in [0, 0.05) is 36.2 Å². The minimum absolute atomic E-state index is 0.0117. The van der Waals surface area contributed by atoms with Gasteiger partial charge in [-0.25, -0.2) is 15.0 Å². The lowest BCUT2D eigenvalue weighted by Gasteiger charge is -2.41. The molecule has 0 aliphatic carbocycles. The number of nitrogens with zero attached hydrogens (tertiary/aromatic N) is 4. The Balaban J connectivity index is 1.41. The molecule has 5 nitrogen and oxygen atoms in total. The summed E-state index contributed by atoms with van der Waals surface area (Å²) < 4.78 is 19.1. The lowest BCUT2D eigenvalue weighted by Crippen LogP contribution is -2.43. The summed E-state index contributed by atoms with van der Waals surface area (Å²) in [6.45, 7) is 5.99. The molecule has 1 spiro atoms. The lowest BCUT2D eigenvalue weighted by atomic mass is 9.72. The van der Waals surface area contributed by atoms with Gasteiger partial charge < -0.3 is 9.64 Å². The van der Waals surface area contributed by atoms with Gasteiger partial charge >= 0.3 is 0 Å². The number of piperidine rings is 1. The minimum Gasteiger partial charge on any atom is -0.381 e. The van der Waals surface area contributed by atoms with Crippen molar-refractivity contribution in [1.82, 2.24) is 15.0 Å². The zero-order valence-corrected chi connectivity index (χ0v) is 16.1. The summed E-state index contributed by atoms with van der Waals surface area (Å²) in [4.78, 5) is 15.4. The third-order valence-corrected chi connectivity index (χ3v) is 6.98. The molecule has 26 heavy (non-hydrogen) atoms. The molecule has 0 amide bonds. The minimum atomic E-state index is -0.673. The van der Waals surface area contributed by atoms with E-state index in [-0.39, 0.29) is 5.02 Å². The Morgan fingerprint density at radius 3 is 2.73 bits per heavy atom. The molecule has 2 fully saturated rings. The van der Waals surface area contributed by atoms with Crippen molar-refractivity contribution < 1.29 is 9.13 Å². The van der Waals surface area contributed by atoms with E-state index in [0.29, 0.717) is 21.3 Å². The van der Waals surface area contributed by atoms with Crippen LogP contribution in [0.4, 0.5) is 10.2 Å². The predicted octanol–water partition coefficient (Wildman–Crippen LogP) is 4.07. The van der Waals surface area contributed by atoms with Crippen molar-refractivity contribution in [3.63, 3.8) is 0 Å². The highest BCUT2D eigenvalue weighted by Gasteiger charge is 2.43. The second kappa shape index (κ2) is 7.29. The molecule has 8 heteroatoms. The van der Waals surface area contributed by atoms with Gasteiger partial charge in [-0.05, 0) is 24.8 Å². The largest absolute Gasteiger partial charge is 0.381 e. The zero-order chi connectivity index (χ0) is 18.1. The zero-order valence-electron chi connectivity index (χ0n) is 14.5.